The van der Waals surface area contributed by atoms with Crippen molar-refractivity contribution in [3.8, 4) is 0 Å². The highest BCUT2D eigenvalue weighted by molar-refractivity contribution is 9.10. The Bertz CT molecular complexity index is 312. The first-order valence-electron chi connectivity index (χ1n) is 3.23. The van der Waals surface area contributed by atoms with Gasteiger partial charge in [0.05, 0.1) is 5.56 Å². The van der Waals surface area contributed by atoms with E-state index in [0.29, 0.717) is 5.88 Å². The number of carbonyl (C=O) groups is 1. The smallest absolute Gasteiger partial charge is 0.335 e. The van der Waals surface area contributed by atoms with E-state index in [1.165, 1.54) is 6.07 Å². The quantitative estimate of drug-likeness (QED) is 0.818. The van der Waals surface area contributed by atoms with Crippen molar-refractivity contribution in [3.05, 3.63) is 33.8 Å². The molecule has 1 rings (SSSR count). The van der Waals surface area contributed by atoms with Crippen molar-refractivity contribution in [1.29, 1.82) is 0 Å². The Morgan fingerprint density at radius 2 is 2.25 bits per heavy atom. The molecule has 1 N–H and O–H groups in total. The maximum Gasteiger partial charge on any atom is 0.335 e. The SMILES string of the molecule is O=C(O)c1ccc(Br)c(CCl)c1. The van der Waals surface area contributed by atoms with Crippen molar-refractivity contribution in [3.63, 3.8) is 0 Å². The minimum Gasteiger partial charge on any atom is -0.478 e. The number of carboxylic acids is 1. The van der Waals surface area contributed by atoms with Crippen LogP contribution >= 0.6 is 27.5 Å². The molecule has 0 fully saturated rings. The lowest BCUT2D eigenvalue weighted by atomic mass is 10.1. The van der Waals surface area contributed by atoms with Crippen LogP contribution in [0.2, 0.25) is 0 Å². The third-order valence-corrected chi connectivity index (χ3v) is 2.50. The first kappa shape index (κ1) is 9.55. The van der Waals surface area contributed by atoms with Gasteiger partial charge in [0.2, 0.25) is 0 Å². The van der Waals surface area contributed by atoms with Gasteiger partial charge in [0.1, 0.15) is 0 Å². The predicted molar refractivity (Wildman–Crippen MR) is 50.7 cm³/mol. The van der Waals surface area contributed by atoms with E-state index >= 15 is 0 Å². The summed E-state index contributed by atoms with van der Waals surface area (Å²) in [6, 6.07) is 4.77. The molecule has 64 valence electrons. The maximum absolute atomic E-state index is 10.5. The summed E-state index contributed by atoms with van der Waals surface area (Å²) in [5.74, 6) is -0.629. The maximum atomic E-state index is 10.5. The Morgan fingerprint density at radius 3 is 2.75 bits per heavy atom. The van der Waals surface area contributed by atoms with E-state index in [2.05, 4.69) is 15.9 Å². The summed E-state index contributed by atoms with van der Waals surface area (Å²) in [4.78, 5) is 10.5. The fourth-order valence-electron chi connectivity index (χ4n) is 0.810. The van der Waals surface area contributed by atoms with Gasteiger partial charge in [0.25, 0.3) is 0 Å². The van der Waals surface area contributed by atoms with Gasteiger partial charge in [0, 0.05) is 10.4 Å². The molecule has 0 aliphatic rings. The molecule has 2 nitrogen and oxygen atoms in total. The summed E-state index contributed by atoms with van der Waals surface area (Å²) in [5, 5.41) is 8.64. The number of halogens is 2. The van der Waals surface area contributed by atoms with Gasteiger partial charge in [-0.2, -0.15) is 0 Å². The number of benzene rings is 1. The van der Waals surface area contributed by atoms with Gasteiger partial charge < -0.3 is 5.11 Å². The largest absolute Gasteiger partial charge is 0.478 e. The molecule has 0 amide bonds. The Labute approximate surface area is 83.3 Å². The summed E-state index contributed by atoms with van der Waals surface area (Å²) in [6.45, 7) is 0. The number of aromatic carboxylic acids is 1. The molecule has 12 heavy (non-hydrogen) atoms. The zero-order valence-electron chi connectivity index (χ0n) is 6.05. The monoisotopic (exact) mass is 248 g/mol. The summed E-state index contributed by atoms with van der Waals surface area (Å²) in [7, 11) is 0. The van der Waals surface area contributed by atoms with E-state index in [-0.39, 0.29) is 5.56 Å². The molecule has 0 atom stereocenters. The molecule has 0 aromatic heterocycles. The van der Waals surface area contributed by atoms with Gasteiger partial charge >= 0.3 is 5.97 Å². The van der Waals surface area contributed by atoms with Gasteiger partial charge in [-0.15, -0.1) is 11.6 Å². The Balaban J connectivity index is 3.13. The molecule has 0 heterocycles. The van der Waals surface area contributed by atoms with Gasteiger partial charge in [-0.25, -0.2) is 4.79 Å². The van der Waals surface area contributed by atoms with Crippen LogP contribution in [0.4, 0.5) is 0 Å². The first-order valence-corrected chi connectivity index (χ1v) is 4.55. The molecule has 1 aromatic carbocycles. The Kier molecular flexibility index (Phi) is 3.12. The topological polar surface area (TPSA) is 37.3 Å². The number of hydrogen-bond donors (Lipinski definition) is 1. The standard InChI is InChI=1S/C8H6BrClO2/c9-7-2-1-5(8(11)12)3-6(7)4-10/h1-3H,4H2,(H,11,12). The van der Waals surface area contributed by atoms with Crippen LogP contribution in [0, 0.1) is 0 Å². The molecule has 0 bridgehead atoms. The lowest BCUT2D eigenvalue weighted by Gasteiger charge is -2.00. The summed E-state index contributed by atoms with van der Waals surface area (Å²) >= 11 is 8.85. The van der Waals surface area contributed by atoms with Crippen molar-refractivity contribution < 1.29 is 9.90 Å². The highest BCUT2D eigenvalue weighted by Crippen LogP contribution is 2.19. The Morgan fingerprint density at radius 1 is 1.58 bits per heavy atom. The molecular weight excluding hydrogens is 243 g/mol. The molecule has 0 aliphatic heterocycles. The van der Waals surface area contributed by atoms with E-state index in [0.717, 1.165) is 10.0 Å². The summed E-state index contributed by atoms with van der Waals surface area (Å²) in [5.41, 5.74) is 1.05. The molecule has 0 radical (unpaired) electrons. The lowest BCUT2D eigenvalue weighted by Crippen LogP contribution is -1.96. The normalized spacial score (nSPS) is 9.83. The fraction of sp³-hybridized carbons (Fsp3) is 0.125. The number of rotatable bonds is 2. The molecule has 4 heteroatoms. The van der Waals surface area contributed by atoms with Crippen molar-refractivity contribution in [2.24, 2.45) is 0 Å². The molecular formula is C8H6BrClO2. The van der Waals surface area contributed by atoms with Crippen LogP contribution in [0.3, 0.4) is 0 Å². The highest BCUT2D eigenvalue weighted by Gasteiger charge is 2.05. The second kappa shape index (κ2) is 3.92. The average Bonchev–Trinajstić information content (AvgIpc) is 2.05. The number of hydrogen-bond acceptors (Lipinski definition) is 1. The first-order chi connectivity index (χ1) is 5.65. The highest BCUT2D eigenvalue weighted by atomic mass is 79.9. The van der Waals surface area contributed by atoms with E-state index in [9.17, 15) is 4.79 Å². The van der Waals surface area contributed by atoms with E-state index in [1.54, 1.807) is 12.1 Å². The van der Waals surface area contributed by atoms with Gasteiger partial charge in [0.15, 0.2) is 0 Å². The van der Waals surface area contributed by atoms with Crippen LogP contribution in [0.25, 0.3) is 0 Å². The minimum atomic E-state index is -0.936. The number of alkyl halides is 1. The van der Waals surface area contributed by atoms with E-state index < -0.39 is 5.97 Å². The zero-order valence-corrected chi connectivity index (χ0v) is 8.39. The molecule has 0 unspecified atom stereocenters. The summed E-state index contributed by atoms with van der Waals surface area (Å²) in [6.07, 6.45) is 0. The number of carboxylic acid groups (broad SMARTS) is 1. The third-order valence-electron chi connectivity index (χ3n) is 1.44. The Hall–Kier alpha value is -0.540. The van der Waals surface area contributed by atoms with Crippen molar-refractivity contribution >= 4 is 33.5 Å². The molecule has 1 aromatic rings. The van der Waals surface area contributed by atoms with Gasteiger partial charge in [-0.3, -0.25) is 0 Å². The van der Waals surface area contributed by atoms with E-state index in [4.69, 9.17) is 16.7 Å². The third kappa shape index (κ3) is 1.99. The molecule has 0 aliphatic carbocycles. The van der Waals surface area contributed by atoms with Crippen LogP contribution in [-0.2, 0) is 5.88 Å². The van der Waals surface area contributed by atoms with Crippen molar-refractivity contribution in [2.75, 3.05) is 0 Å². The summed E-state index contributed by atoms with van der Waals surface area (Å²) < 4.78 is 0.836. The second-order valence-electron chi connectivity index (χ2n) is 2.24. The van der Waals surface area contributed by atoms with Crippen LogP contribution in [0.1, 0.15) is 15.9 Å². The van der Waals surface area contributed by atoms with Crippen molar-refractivity contribution in [2.45, 2.75) is 5.88 Å². The van der Waals surface area contributed by atoms with Crippen LogP contribution in [-0.4, -0.2) is 11.1 Å². The van der Waals surface area contributed by atoms with Crippen LogP contribution in [0.5, 0.6) is 0 Å². The van der Waals surface area contributed by atoms with Crippen molar-refractivity contribution in [1.82, 2.24) is 0 Å². The molecule has 0 saturated heterocycles. The predicted octanol–water partition coefficient (Wildman–Crippen LogP) is 2.89. The zero-order chi connectivity index (χ0) is 9.14. The van der Waals surface area contributed by atoms with E-state index in [1.807, 2.05) is 0 Å². The van der Waals surface area contributed by atoms with Crippen LogP contribution in [0.15, 0.2) is 22.7 Å². The van der Waals surface area contributed by atoms with Gasteiger partial charge in [-0.05, 0) is 23.8 Å². The lowest BCUT2D eigenvalue weighted by molar-refractivity contribution is 0.0697. The molecule has 0 spiro atoms. The molecule has 0 saturated carbocycles. The van der Waals surface area contributed by atoms with Crippen LogP contribution < -0.4 is 0 Å². The fourth-order valence-corrected chi connectivity index (χ4v) is 1.58. The second-order valence-corrected chi connectivity index (χ2v) is 3.37. The minimum absolute atomic E-state index is 0.258. The van der Waals surface area contributed by atoms with Gasteiger partial charge in [-0.1, -0.05) is 15.9 Å². The average molecular weight is 249 g/mol.